The van der Waals surface area contributed by atoms with E-state index in [0.717, 1.165) is 0 Å². The molecule has 0 aliphatic carbocycles. The summed E-state index contributed by atoms with van der Waals surface area (Å²) in [7, 11) is 0. The van der Waals surface area contributed by atoms with Crippen LogP contribution in [0.3, 0.4) is 0 Å². The number of rotatable bonds is 5. The summed E-state index contributed by atoms with van der Waals surface area (Å²) in [6, 6.07) is 2.79. The van der Waals surface area contributed by atoms with Crippen molar-refractivity contribution in [3.63, 3.8) is 0 Å². The first kappa shape index (κ1) is 13.9. The minimum Gasteiger partial charge on any atom is -0.478 e. The van der Waals surface area contributed by atoms with Gasteiger partial charge in [-0.2, -0.15) is 0 Å². The van der Waals surface area contributed by atoms with Crippen LogP contribution in [0.4, 0.5) is 5.69 Å². The third-order valence-electron chi connectivity index (χ3n) is 2.45. The van der Waals surface area contributed by atoms with Gasteiger partial charge in [-0.15, -0.1) is 0 Å². The lowest BCUT2D eigenvalue weighted by Crippen LogP contribution is -2.34. The van der Waals surface area contributed by atoms with E-state index in [-0.39, 0.29) is 18.0 Å². The summed E-state index contributed by atoms with van der Waals surface area (Å²) < 4.78 is 5.22. The van der Waals surface area contributed by atoms with Crippen molar-refractivity contribution in [2.24, 2.45) is 5.73 Å². The standard InChI is InChI=1S/C11H14N2O5/c1-6-4-9(18-10(5-12)11(14)15)7(2)3-8(6)13(16)17/h3-4,10H,5,12H2,1-2H3,(H,14,15). The molecule has 0 bridgehead atoms. The van der Waals surface area contributed by atoms with Gasteiger partial charge in [-0.1, -0.05) is 0 Å². The Balaban J connectivity index is 3.08. The molecule has 7 heteroatoms. The zero-order chi connectivity index (χ0) is 13.9. The molecule has 1 aromatic rings. The highest BCUT2D eigenvalue weighted by Crippen LogP contribution is 2.28. The zero-order valence-corrected chi connectivity index (χ0v) is 10.0. The predicted molar refractivity (Wildman–Crippen MR) is 63.7 cm³/mol. The molecule has 0 aliphatic rings. The highest BCUT2D eigenvalue weighted by Gasteiger charge is 2.20. The second kappa shape index (κ2) is 5.46. The fourth-order valence-electron chi connectivity index (χ4n) is 1.45. The summed E-state index contributed by atoms with van der Waals surface area (Å²) in [4.78, 5) is 21.0. The van der Waals surface area contributed by atoms with Gasteiger partial charge in [0.15, 0.2) is 0 Å². The number of aliphatic carboxylic acids is 1. The Morgan fingerprint density at radius 1 is 1.50 bits per heavy atom. The van der Waals surface area contributed by atoms with E-state index in [1.54, 1.807) is 13.8 Å². The van der Waals surface area contributed by atoms with E-state index in [9.17, 15) is 14.9 Å². The van der Waals surface area contributed by atoms with Crippen molar-refractivity contribution >= 4 is 11.7 Å². The van der Waals surface area contributed by atoms with Gasteiger partial charge < -0.3 is 15.6 Å². The van der Waals surface area contributed by atoms with Gasteiger partial charge in [-0.3, -0.25) is 10.1 Å². The zero-order valence-electron chi connectivity index (χ0n) is 10.0. The summed E-state index contributed by atoms with van der Waals surface area (Å²) in [5, 5.41) is 19.5. The van der Waals surface area contributed by atoms with Crippen molar-refractivity contribution in [1.29, 1.82) is 0 Å². The molecule has 18 heavy (non-hydrogen) atoms. The van der Waals surface area contributed by atoms with Gasteiger partial charge in [-0.25, -0.2) is 4.79 Å². The third kappa shape index (κ3) is 2.95. The maximum Gasteiger partial charge on any atom is 0.346 e. The number of nitrogens with two attached hydrogens (primary N) is 1. The molecular formula is C11H14N2O5. The van der Waals surface area contributed by atoms with Crippen LogP contribution in [0.25, 0.3) is 0 Å². The molecule has 1 atom stereocenters. The molecule has 0 aromatic heterocycles. The minimum atomic E-state index is -1.17. The number of ether oxygens (including phenoxy) is 1. The smallest absolute Gasteiger partial charge is 0.346 e. The van der Waals surface area contributed by atoms with Crippen molar-refractivity contribution < 1.29 is 19.6 Å². The molecule has 0 aliphatic heterocycles. The van der Waals surface area contributed by atoms with Gasteiger partial charge in [0, 0.05) is 18.2 Å². The molecule has 0 fully saturated rings. The molecule has 3 N–H and O–H groups in total. The Labute approximate surface area is 103 Å². The van der Waals surface area contributed by atoms with Crippen LogP contribution in [0.15, 0.2) is 12.1 Å². The van der Waals surface area contributed by atoms with Crippen LogP contribution in [0.1, 0.15) is 11.1 Å². The molecule has 7 nitrogen and oxygen atoms in total. The Kier molecular flexibility index (Phi) is 4.22. The van der Waals surface area contributed by atoms with Crippen LogP contribution in [0.5, 0.6) is 5.75 Å². The Morgan fingerprint density at radius 2 is 2.11 bits per heavy atom. The summed E-state index contributed by atoms with van der Waals surface area (Å²) >= 11 is 0. The quantitative estimate of drug-likeness (QED) is 0.598. The molecule has 1 unspecified atom stereocenters. The Morgan fingerprint density at radius 3 is 2.56 bits per heavy atom. The number of benzene rings is 1. The van der Waals surface area contributed by atoms with Crippen LogP contribution in [-0.2, 0) is 4.79 Å². The molecule has 0 saturated carbocycles. The number of carbonyl (C=O) groups is 1. The summed E-state index contributed by atoms with van der Waals surface area (Å²) in [6.07, 6.45) is -1.16. The van der Waals surface area contributed by atoms with Crippen LogP contribution < -0.4 is 10.5 Å². The summed E-state index contributed by atoms with van der Waals surface area (Å²) in [6.45, 7) is 2.99. The number of carboxylic acid groups (broad SMARTS) is 1. The van der Waals surface area contributed by atoms with Crippen molar-refractivity contribution in [2.75, 3.05) is 6.54 Å². The minimum absolute atomic E-state index is 0.0283. The van der Waals surface area contributed by atoms with Crippen molar-refractivity contribution in [1.82, 2.24) is 0 Å². The molecule has 1 rings (SSSR count). The highest BCUT2D eigenvalue weighted by atomic mass is 16.6. The number of nitro benzene ring substituents is 1. The van der Waals surface area contributed by atoms with Gasteiger partial charge in [0.1, 0.15) is 5.75 Å². The Bertz CT molecular complexity index is 487. The lowest BCUT2D eigenvalue weighted by Gasteiger charge is -2.15. The third-order valence-corrected chi connectivity index (χ3v) is 2.45. The van der Waals surface area contributed by atoms with E-state index in [1.807, 2.05) is 0 Å². The second-order valence-corrected chi connectivity index (χ2v) is 3.84. The van der Waals surface area contributed by atoms with Crippen LogP contribution in [-0.4, -0.2) is 28.6 Å². The molecule has 0 saturated heterocycles. The van der Waals surface area contributed by atoms with E-state index in [0.29, 0.717) is 11.1 Å². The summed E-state index contributed by atoms with van der Waals surface area (Å²) in [5.74, 6) is -0.885. The topological polar surface area (TPSA) is 116 Å². The first-order valence-corrected chi connectivity index (χ1v) is 5.22. The summed E-state index contributed by atoms with van der Waals surface area (Å²) in [5.41, 5.74) is 6.14. The van der Waals surface area contributed by atoms with E-state index >= 15 is 0 Å². The molecule has 98 valence electrons. The van der Waals surface area contributed by atoms with Crippen LogP contribution in [0.2, 0.25) is 0 Å². The second-order valence-electron chi connectivity index (χ2n) is 3.84. The lowest BCUT2D eigenvalue weighted by atomic mass is 10.1. The largest absolute Gasteiger partial charge is 0.478 e. The van der Waals surface area contributed by atoms with E-state index in [4.69, 9.17) is 15.6 Å². The van der Waals surface area contributed by atoms with Crippen molar-refractivity contribution in [3.05, 3.63) is 33.4 Å². The molecule has 0 spiro atoms. The van der Waals surface area contributed by atoms with Gasteiger partial charge in [-0.05, 0) is 25.5 Å². The molecule has 1 aromatic carbocycles. The number of aryl methyl sites for hydroxylation is 2. The highest BCUT2D eigenvalue weighted by molar-refractivity contribution is 5.73. The number of hydrogen-bond acceptors (Lipinski definition) is 5. The number of hydrogen-bond donors (Lipinski definition) is 2. The van der Waals surface area contributed by atoms with Gasteiger partial charge in [0.05, 0.1) is 4.92 Å². The SMILES string of the molecule is Cc1cc([N+](=O)[O-])c(C)cc1OC(CN)C(=O)O. The van der Waals surface area contributed by atoms with Crippen LogP contribution in [0, 0.1) is 24.0 Å². The van der Waals surface area contributed by atoms with Crippen molar-refractivity contribution in [2.45, 2.75) is 20.0 Å². The lowest BCUT2D eigenvalue weighted by molar-refractivity contribution is -0.385. The van der Waals surface area contributed by atoms with E-state index in [2.05, 4.69) is 0 Å². The molecular weight excluding hydrogens is 240 g/mol. The fourth-order valence-corrected chi connectivity index (χ4v) is 1.45. The van der Waals surface area contributed by atoms with Gasteiger partial charge in [0.2, 0.25) is 6.10 Å². The average molecular weight is 254 g/mol. The Hall–Kier alpha value is -2.15. The number of carboxylic acids is 1. The predicted octanol–water partition coefficient (Wildman–Crippen LogP) is 1.00. The van der Waals surface area contributed by atoms with E-state index < -0.39 is 17.0 Å². The fraction of sp³-hybridized carbons (Fsp3) is 0.364. The van der Waals surface area contributed by atoms with Gasteiger partial charge >= 0.3 is 5.97 Å². The molecule has 0 heterocycles. The first-order valence-electron chi connectivity index (χ1n) is 5.22. The number of nitro groups is 1. The first-order chi connectivity index (χ1) is 8.36. The molecule has 0 amide bonds. The van der Waals surface area contributed by atoms with Crippen molar-refractivity contribution in [3.8, 4) is 5.75 Å². The number of nitrogens with zero attached hydrogens (tertiary/aromatic N) is 1. The van der Waals surface area contributed by atoms with E-state index in [1.165, 1.54) is 12.1 Å². The van der Waals surface area contributed by atoms with Crippen LogP contribution >= 0.6 is 0 Å². The monoisotopic (exact) mass is 254 g/mol. The van der Waals surface area contributed by atoms with Gasteiger partial charge in [0.25, 0.3) is 5.69 Å². The maximum absolute atomic E-state index is 10.8. The normalized spacial score (nSPS) is 11.9. The average Bonchev–Trinajstić information content (AvgIpc) is 2.28. The maximum atomic E-state index is 10.8. The molecule has 0 radical (unpaired) electrons.